The van der Waals surface area contributed by atoms with Crippen LogP contribution in [0, 0.1) is 5.92 Å². The number of aliphatic hydroxyl groups excluding tert-OH is 1. The summed E-state index contributed by atoms with van der Waals surface area (Å²) in [5.74, 6) is 0.315. The van der Waals surface area contributed by atoms with Crippen LogP contribution in [0.5, 0.6) is 0 Å². The predicted octanol–water partition coefficient (Wildman–Crippen LogP) is 0.786. The van der Waals surface area contributed by atoms with Crippen LogP contribution in [-0.2, 0) is 9.53 Å². The van der Waals surface area contributed by atoms with Gasteiger partial charge in [0.25, 0.3) is 0 Å². The van der Waals surface area contributed by atoms with Crippen LogP contribution in [0.1, 0.15) is 32.1 Å². The van der Waals surface area contributed by atoms with Crippen molar-refractivity contribution in [3.8, 4) is 0 Å². The van der Waals surface area contributed by atoms with E-state index in [0.717, 1.165) is 38.8 Å². The average Bonchev–Trinajstić information content (AvgIpc) is 2.83. The zero-order valence-electron chi connectivity index (χ0n) is 9.73. The summed E-state index contributed by atoms with van der Waals surface area (Å²) in [6, 6.07) is 0.256. The van der Waals surface area contributed by atoms with E-state index in [1.165, 1.54) is 6.42 Å². The molecular weight excluding hydrogens is 206 g/mol. The van der Waals surface area contributed by atoms with E-state index in [1.807, 2.05) is 4.90 Å². The minimum absolute atomic E-state index is 0.0688. The van der Waals surface area contributed by atoms with Gasteiger partial charge in [0.2, 0.25) is 5.91 Å². The van der Waals surface area contributed by atoms with Gasteiger partial charge in [-0.3, -0.25) is 4.79 Å². The van der Waals surface area contributed by atoms with Crippen LogP contribution in [0.4, 0.5) is 0 Å². The second-order valence-electron chi connectivity index (χ2n) is 4.75. The standard InChI is InChI=1S/C12H21NO3/c14-7-4-11-3-1-2-6-13(11)12(15)10-5-8-16-9-10/h10-11,14H,1-9H2. The van der Waals surface area contributed by atoms with Crippen LogP contribution < -0.4 is 0 Å². The molecule has 4 heteroatoms. The summed E-state index contributed by atoms with van der Waals surface area (Å²) in [6.45, 7) is 2.34. The fourth-order valence-corrected chi connectivity index (χ4v) is 2.70. The molecule has 2 atom stereocenters. The minimum Gasteiger partial charge on any atom is -0.396 e. The predicted molar refractivity (Wildman–Crippen MR) is 60.0 cm³/mol. The van der Waals surface area contributed by atoms with Crippen molar-refractivity contribution in [3.05, 3.63) is 0 Å². The first-order valence-corrected chi connectivity index (χ1v) is 6.32. The molecular formula is C12H21NO3. The highest BCUT2D eigenvalue weighted by atomic mass is 16.5. The van der Waals surface area contributed by atoms with E-state index >= 15 is 0 Å². The molecule has 2 fully saturated rings. The third-order valence-electron chi connectivity index (χ3n) is 3.65. The maximum atomic E-state index is 12.2. The number of likely N-dealkylation sites (tertiary alicyclic amines) is 1. The quantitative estimate of drug-likeness (QED) is 0.775. The van der Waals surface area contributed by atoms with Gasteiger partial charge in [-0.1, -0.05) is 0 Å². The Morgan fingerprint density at radius 2 is 2.25 bits per heavy atom. The maximum absolute atomic E-state index is 12.2. The highest BCUT2D eigenvalue weighted by Gasteiger charge is 2.32. The minimum atomic E-state index is 0.0688. The van der Waals surface area contributed by atoms with E-state index in [-0.39, 0.29) is 24.5 Å². The number of hydrogen-bond acceptors (Lipinski definition) is 3. The number of rotatable bonds is 3. The van der Waals surface area contributed by atoms with Crippen molar-refractivity contribution in [2.75, 3.05) is 26.4 Å². The SMILES string of the molecule is O=C(C1CCOC1)N1CCCCC1CCO. The number of aliphatic hydroxyl groups is 1. The molecule has 2 rings (SSSR count). The lowest BCUT2D eigenvalue weighted by Gasteiger charge is -2.37. The molecule has 4 nitrogen and oxygen atoms in total. The normalized spacial score (nSPS) is 30.7. The summed E-state index contributed by atoms with van der Waals surface area (Å²) in [5, 5.41) is 9.02. The van der Waals surface area contributed by atoms with Crippen molar-refractivity contribution in [3.63, 3.8) is 0 Å². The summed E-state index contributed by atoms with van der Waals surface area (Å²) in [7, 11) is 0. The second-order valence-corrected chi connectivity index (χ2v) is 4.75. The fourth-order valence-electron chi connectivity index (χ4n) is 2.70. The maximum Gasteiger partial charge on any atom is 0.228 e. The van der Waals surface area contributed by atoms with Gasteiger partial charge in [-0.2, -0.15) is 0 Å². The van der Waals surface area contributed by atoms with Crippen LogP contribution in [-0.4, -0.2) is 48.3 Å². The van der Waals surface area contributed by atoms with Gasteiger partial charge in [0.1, 0.15) is 0 Å². The fraction of sp³-hybridized carbons (Fsp3) is 0.917. The topological polar surface area (TPSA) is 49.8 Å². The van der Waals surface area contributed by atoms with Crippen LogP contribution in [0.2, 0.25) is 0 Å². The lowest BCUT2D eigenvalue weighted by molar-refractivity contribution is -0.139. The van der Waals surface area contributed by atoms with Crippen LogP contribution in [0.15, 0.2) is 0 Å². The van der Waals surface area contributed by atoms with E-state index in [2.05, 4.69) is 0 Å². The van der Waals surface area contributed by atoms with Crippen molar-refractivity contribution in [2.24, 2.45) is 5.92 Å². The lowest BCUT2D eigenvalue weighted by atomic mass is 9.97. The van der Waals surface area contributed by atoms with Gasteiger partial charge in [-0.15, -0.1) is 0 Å². The van der Waals surface area contributed by atoms with Gasteiger partial charge in [-0.05, 0) is 32.1 Å². The number of ether oxygens (including phenoxy) is 1. The molecule has 0 aliphatic carbocycles. The highest BCUT2D eigenvalue weighted by molar-refractivity contribution is 5.79. The Bertz CT molecular complexity index is 236. The van der Waals surface area contributed by atoms with Gasteiger partial charge in [-0.25, -0.2) is 0 Å². The molecule has 2 aliphatic rings. The zero-order chi connectivity index (χ0) is 11.4. The largest absolute Gasteiger partial charge is 0.396 e. The van der Waals surface area contributed by atoms with Gasteiger partial charge in [0.15, 0.2) is 0 Å². The molecule has 0 spiro atoms. The van der Waals surface area contributed by atoms with Crippen LogP contribution in [0.3, 0.4) is 0 Å². The summed E-state index contributed by atoms with van der Waals surface area (Å²) in [6.07, 6.45) is 4.90. The van der Waals surface area contributed by atoms with E-state index in [0.29, 0.717) is 6.61 Å². The van der Waals surface area contributed by atoms with Crippen molar-refractivity contribution < 1.29 is 14.6 Å². The Kier molecular flexibility index (Phi) is 4.18. The van der Waals surface area contributed by atoms with Gasteiger partial charge >= 0.3 is 0 Å². The van der Waals surface area contributed by atoms with E-state index in [4.69, 9.17) is 9.84 Å². The molecule has 0 radical (unpaired) electrons. The van der Waals surface area contributed by atoms with Gasteiger partial charge in [0.05, 0.1) is 12.5 Å². The summed E-state index contributed by atoms with van der Waals surface area (Å²) in [4.78, 5) is 14.2. The molecule has 0 saturated carbocycles. The van der Waals surface area contributed by atoms with Crippen molar-refractivity contribution in [2.45, 2.75) is 38.1 Å². The number of carbonyl (C=O) groups is 1. The van der Waals surface area contributed by atoms with Crippen molar-refractivity contribution in [1.29, 1.82) is 0 Å². The van der Waals surface area contributed by atoms with Crippen LogP contribution in [0.25, 0.3) is 0 Å². The molecule has 0 aromatic rings. The smallest absolute Gasteiger partial charge is 0.228 e. The summed E-state index contributed by atoms with van der Waals surface area (Å²) >= 11 is 0. The molecule has 0 aromatic heterocycles. The third kappa shape index (κ3) is 2.55. The zero-order valence-corrected chi connectivity index (χ0v) is 9.73. The number of piperidine rings is 1. The van der Waals surface area contributed by atoms with E-state index < -0.39 is 0 Å². The molecule has 2 saturated heterocycles. The lowest BCUT2D eigenvalue weighted by Crippen LogP contribution is -2.47. The molecule has 16 heavy (non-hydrogen) atoms. The molecule has 92 valence electrons. The van der Waals surface area contributed by atoms with Gasteiger partial charge < -0.3 is 14.7 Å². The number of amides is 1. The van der Waals surface area contributed by atoms with Crippen molar-refractivity contribution in [1.82, 2.24) is 4.90 Å². The molecule has 2 heterocycles. The Morgan fingerprint density at radius 3 is 2.94 bits per heavy atom. The van der Waals surface area contributed by atoms with Gasteiger partial charge in [0, 0.05) is 25.8 Å². The van der Waals surface area contributed by atoms with Crippen molar-refractivity contribution >= 4 is 5.91 Å². The van der Waals surface area contributed by atoms with E-state index in [9.17, 15) is 4.79 Å². The Labute approximate surface area is 96.6 Å². The summed E-state index contributed by atoms with van der Waals surface area (Å²) < 4.78 is 5.27. The first kappa shape index (κ1) is 11.9. The molecule has 1 amide bonds. The number of carbonyl (C=O) groups excluding carboxylic acids is 1. The second kappa shape index (κ2) is 5.64. The Hall–Kier alpha value is -0.610. The first-order chi connectivity index (χ1) is 7.83. The Balaban J connectivity index is 1.95. The molecule has 0 bridgehead atoms. The molecule has 1 N–H and O–H groups in total. The monoisotopic (exact) mass is 227 g/mol. The first-order valence-electron chi connectivity index (χ1n) is 6.32. The average molecular weight is 227 g/mol. The van der Waals surface area contributed by atoms with E-state index in [1.54, 1.807) is 0 Å². The molecule has 2 unspecified atom stereocenters. The molecule has 0 aromatic carbocycles. The third-order valence-corrected chi connectivity index (χ3v) is 3.65. The highest BCUT2D eigenvalue weighted by Crippen LogP contribution is 2.24. The Morgan fingerprint density at radius 1 is 1.38 bits per heavy atom. The number of nitrogens with zero attached hydrogens (tertiary/aromatic N) is 1. The van der Waals surface area contributed by atoms with Crippen LogP contribution >= 0.6 is 0 Å². The number of hydrogen-bond donors (Lipinski definition) is 1. The molecule has 2 aliphatic heterocycles. The summed E-state index contributed by atoms with van der Waals surface area (Å²) in [5.41, 5.74) is 0.